The van der Waals surface area contributed by atoms with Crippen LogP contribution in [0.3, 0.4) is 0 Å². The normalized spacial score (nSPS) is 17.6. The number of amides is 2. The molecule has 0 saturated carbocycles. The maximum atomic E-state index is 11.4. The standard InChI is InChI=1S/C14H16N2O2/c1-16(2)9-11-5-3-10(4-6-11)7-12-8-13(17)15-14(12)18/h3-7H,8-9H2,1-2H3,(H,15,17,18)/b12-7+. The second-order valence-corrected chi connectivity index (χ2v) is 4.70. The van der Waals surface area contributed by atoms with Crippen LogP contribution < -0.4 is 5.32 Å². The first-order chi connectivity index (χ1) is 8.54. The Morgan fingerprint density at radius 3 is 2.39 bits per heavy atom. The molecule has 0 bridgehead atoms. The van der Waals surface area contributed by atoms with Crippen LogP contribution in [0.25, 0.3) is 6.08 Å². The molecule has 2 amide bonds. The number of nitrogens with zero attached hydrogens (tertiary/aromatic N) is 1. The van der Waals surface area contributed by atoms with Crippen LogP contribution in [-0.2, 0) is 16.1 Å². The molecule has 0 radical (unpaired) electrons. The predicted octanol–water partition coefficient (Wildman–Crippen LogP) is 1.18. The summed E-state index contributed by atoms with van der Waals surface area (Å²) in [6.07, 6.45) is 1.94. The summed E-state index contributed by atoms with van der Waals surface area (Å²) in [7, 11) is 4.04. The molecule has 2 rings (SSSR count). The molecule has 1 aromatic rings. The first-order valence-corrected chi connectivity index (χ1v) is 5.83. The highest BCUT2D eigenvalue weighted by molar-refractivity contribution is 6.15. The Balaban J connectivity index is 2.13. The van der Waals surface area contributed by atoms with Crippen molar-refractivity contribution in [2.45, 2.75) is 13.0 Å². The van der Waals surface area contributed by atoms with Crippen LogP contribution in [0.15, 0.2) is 29.8 Å². The number of hydrogen-bond donors (Lipinski definition) is 1. The van der Waals surface area contributed by atoms with Crippen LogP contribution in [0, 0.1) is 0 Å². The molecule has 1 heterocycles. The molecular weight excluding hydrogens is 228 g/mol. The molecule has 0 aromatic heterocycles. The van der Waals surface area contributed by atoms with Gasteiger partial charge in [-0.1, -0.05) is 24.3 Å². The summed E-state index contributed by atoms with van der Waals surface area (Å²) in [6, 6.07) is 7.98. The summed E-state index contributed by atoms with van der Waals surface area (Å²) in [5, 5.41) is 2.27. The molecule has 0 atom stereocenters. The highest BCUT2D eigenvalue weighted by atomic mass is 16.2. The fraction of sp³-hybridized carbons (Fsp3) is 0.286. The number of nitrogens with one attached hydrogen (secondary N) is 1. The van der Waals surface area contributed by atoms with Gasteiger partial charge in [-0.3, -0.25) is 14.9 Å². The summed E-state index contributed by atoms with van der Waals surface area (Å²) < 4.78 is 0. The Morgan fingerprint density at radius 2 is 1.89 bits per heavy atom. The van der Waals surface area contributed by atoms with Crippen molar-refractivity contribution in [3.8, 4) is 0 Å². The Morgan fingerprint density at radius 1 is 1.22 bits per heavy atom. The smallest absolute Gasteiger partial charge is 0.254 e. The van der Waals surface area contributed by atoms with Crippen LogP contribution in [-0.4, -0.2) is 30.8 Å². The zero-order valence-corrected chi connectivity index (χ0v) is 10.6. The Kier molecular flexibility index (Phi) is 3.58. The minimum atomic E-state index is -0.280. The third kappa shape index (κ3) is 3.05. The first-order valence-electron chi connectivity index (χ1n) is 5.83. The monoisotopic (exact) mass is 244 g/mol. The lowest BCUT2D eigenvalue weighted by atomic mass is 10.1. The third-order valence-corrected chi connectivity index (χ3v) is 2.72. The highest BCUT2D eigenvalue weighted by Gasteiger charge is 2.23. The van der Waals surface area contributed by atoms with Gasteiger partial charge in [0.15, 0.2) is 0 Å². The number of imide groups is 1. The van der Waals surface area contributed by atoms with E-state index in [1.54, 1.807) is 6.08 Å². The van der Waals surface area contributed by atoms with Gasteiger partial charge >= 0.3 is 0 Å². The van der Waals surface area contributed by atoms with Gasteiger partial charge in [0.05, 0.1) is 6.42 Å². The molecule has 1 saturated heterocycles. The zero-order valence-electron chi connectivity index (χ0n) is 10.6. The Hall–Kier alpha value is -1.94. The number of benzene rings is 1. The Bertz CT molecular complexity index is 501. The van der Waals surface area contributed by atoms with Gasteiger partial charge < -0.3 is 4.90 Å². The molecule has 4 nitrogen and oxygen atoms in total. The van der Waals surface area contributed by atoms with E-state index in [-0.39, 0.29) is 18.2 Å². The van der Waals surface area contributed by atoms with E-state index in [1.807, 2.05) is 38.4 Å². The van der Waals surface area contributed by atoms with E-state index >= 15 is 0 Å². The van der Waals surface area contributed by atoms with E-state index in [4.69, 9.17) is 0 Å². The van der Waals surface area contributed by atoms with Crippen molar-refractivity contribution < 1.29 is 9.59 Å². The van der Waals surface area contributed by atoms with Gasteiger partial charge in [-0.25, -0.2) is 0 Å². The minimum absolute atomic E-state index is 0.179. The van der Waals surface area contributed by atoms with E-state index in [2.05, 4.69) is 10.2 Å². The van der Waals surface area contributed by atoms with Crippen molar-refractivity contribution in [1.29, 1.82) is 0 Å². The quantitative estimate of drug-likeness (QED) is 0.641. The molecule has 4 heteroatoms. The van der Waals surface area contributed by atoms with E-state index in [0.29, 0.717) is 5.57 Å². The molecule has 18 heavy (non-hydrogen) atoms. The molecular formula is C14H16N2O2. The number of hydrogen-bond acceptors (Lipinski definition) is 3. The van der Waals surface area contributed by atoms with Crippen LogP contribution in [0.4, 0.5) is 0 Å². The summed E-state index contributed by atoms with van der Waals surface area (Å²) in [5.74, 6) is -0.507. The van der Waals surface area contributed by atoms with E-state index < -0.39 is 0 Å². The summed E-state index contributed by atoms with van der Waals surface area (Å²) >= 11 is 0. The third-order valence-electron chi connectivity index (χ3n) is 2.72. The van der Waals surface area contributed by atoms with Crippen LogP contribution in [0.2, 0.25) is 0 Å². The lowest BCUT2D eigenvalue weighted by Gasteiger charge is -2.09. The second kappa shape index (κ2) is 5.14. The largest absolute Gasteiger partial charge is 0.305 e. The van der Waals surface area contributed by atoms with Crippen molar-refractivity contribution in [2.24, 2.45) is 0 Å². The number of rotatable bonds is 3. The SMILES string of the molecule is CN(C)Cc1ccc(/C=C2\CC(=O)NC2=O)cc1. The maximum Gasteiger partial charge on any atom is 0.254 e. The summed E-state index contributed by atoms with van der Waals surface area (Å²) in [4.78, 5) is 24.5. The van der Waals surface area contributed by atoms with Crippen molar-refractivity contribution >= 4 is 17.9 Å². The van der Waals surface area contributed by atoms with E-state index in [0.717, 1.165) is 12.1 Å². The topological polar surface area (TPSA) is 49.4 Å². The lowest BCUT2D eigenvalue weighted by molar-refractivity contribution is -0.124. The zero-order chi connectivity index (χ0) is 13.1. The molecule has 0 aliphatic carbocycles. The van der Waals surface area contributed by atoms with Gasteiger partial charge in [-0.2, -0.15) is 0 Å². The van der Waals surface area contributed by atoms with Gasteiger partial charge in [-0.15, -0.1) is 0 Å². The average Bonchev–Trinajstić information content (AvgIpc) is 2.59. The molecule has 1 fully saturated rings. The summed E-state index contributed by atoms with van der Waals surface area (Å²) in [6.45, 7) is 0.885. The van der Waals surface area contributed by atoms with Crippen molar-refractivity contribution in [1.82, 2.24) is 10.2 Å². The van der Waals surface area contributed by atoms with Gasteiger partial charge in [0.1, 0.15) is 0 Å². The van der Waals surface area contributed by atoms with E-state index in [9.17, 15) is 9.59 Å². The molecule has 0 unspecified atom stereocenters. The molecule has 94 valence electrons. The fourth-order valence-corrected chi connectivity index (χ4v) is 1.91. The number of carbonyl (C=O) groups excluding carboxylic acids is 2. The van der Waals surface area contributed by atoms with Crippen molar-refractivity contribution in [2.75, 3.05) is 14.1 Å². The number of carbonyl (C=O) groups is 2. The van der Waals surface area contributed by atoms with Crippen molar-refractivity contribution in [3.05, 3.63) is 41.0 Å². The molecule has 1 aromatic carbocycles. The Labute approximate surface area is 106 Å². The summed E-state index contributed by atoms with van der Waals surface area (Å²) in [5.41, 5.74) is 2.69. The molecule has 1 aliphatic heterocycles. The molecule has 1 N–H and O–H groups in total. The molecule has 0 spiro atoms. The van der Waals surface area contributed by atoms with Gasteiger partial charge in [0.2, 0.25) is 5.91 Å². The van der Waals surface area contributed by atoms with E-state index in [1.165, 1.54) is 5.56 Å². The minimum Gasteiger partial charge on any atom is -0.305 e. The van der Waals surface area contributed by atoms with Gasteiger partial charge in [0, 0.05) is 12.1 Å². The van der Waals surface area contributed by atoms with Crippen molar-refractivity contribution in [3.63, 3.8) is 0 Å². The van der Waals surface area contributed by atoms with Crippen LogP contribution in [0.1, 0.15) is 17.5 Å². The lowest BCUT2D eigenvalue weighted by Crippen LogP contribution is -2.19. The second-order valence-electron chi connectivity index (χ2n) is 4.70. The van der Waals surface area contributed by atoms with Crippen LogP contribution >= 0.6 is 0 Å². The maximum absolute atomic E-state index is 11.4. The average molecular weight is 244 g/mol. The highest BCUT2D eigenvalue weighted by Crippen LogP contribution is 2.15. The molecule has 1 aliphatic rings. The first kappa shape index (κ1) is 12.5. The van der Waals surface area contributed by atoms with Crippen LogP contribution in [0.5, 0.6) is 0 Å². The van der Waals surface area contributed by atoms with Gasteiger partial charge in [0.25, 0.3) is 5.91 Å². The fourth-order valence-electron chi connectivity index (χ4n) is 1.91. The van der Waals surface area contributed by atoms with Gasteiger partial charge in [-0.05, 0) is 31.3 Å². The predicted molar refractivity (Wildman–Crippen MR) is 69.6 cm³/mol.